The van der Waals surface area contributed by atoms with Gasteiger partial charge in [0.2, 0.25) is 0 Å². The van der Waals surface area contributed by atoms with Gasteiger partial charge in [0.05, 0.1) is 14.2 Å². The fourth-order valence-corrected chi connectivity index (χ4v) is 1.23. The molecule has 5 nitrogen and oxygen atoms in total. The Hall–Kier alpha value is -1.59. The smallest absolute Gasteiger partial charge is 0.337 e. The van der Waals surface area contributed by atoms with Crippen LogP contribution in [0.2, 0.25) is 0 Å². The number of ether oxygens (including phenoxy) is 2. The molecule has 2 N–H and O–H groups in total. The monoisotopic (exact) mass is 226 g/mol. The number of methoxy groups -OCH3 is 2. The quantitative estimate of drug-likeness (QED) is 0.720. The van der Waals surface area contributed by atoms with Crippen molar-refractivity contribution in [3.8, 4) is 5.75 Å². The summed E-state index contributed by atoms with van der Waals surface area (Å²) in [4.78, 5) is 11.0. The van der Waals surface area contributed by atoms with E-state index in [9.17, 15) is 15.0 Å². The van der Waals surface area contributed by atoms with E-state index in [1.165, 1.54) is 7.11 Å². The number of hydrogen-bond acceptors (Lipinski definition) is 5. The molecule has 16 heavy (non-hydrogen) atoms. The Morgan fingerprint density at radius 3 is 2.19 bits per heavy atom. The van der Waals surface area contributed by atoms with Gasteiger partial charge in [-0.05, 0) is 17.7 Å². The maximum Gasteiger partial charge on any atom is 0.337 e. The fraction of sp³-hybridized carbons (Fsp3) is 0.364. The van der Waals surface area contributed by atoms with Crippen LogP contribution in [0, 0.1) is 0 Å². The van der Waals surface area contributed by atoms with Gasteiger partial charge in [-0.3, -0.25) is 0 Å². The van der Waals surface area contributed by atoms with E-state index in [0.717, 1.165) is 7.11 Å². The number of rotatable bonds is 4. The van der Waals surface area contributed by atoms with Crippen LogP contribution in [0.25, 0.3) is 0 Å². The van der Waals surface area contributed by atoms with Crippen molar-refractivity contribution in [3.63, 3.8) is 0 Å². The lowest BCUT2D eigenvalue weighted by Crippen LogP contribution is -2.28. The SMILES string of the molecule is COC(=O)[C@@H](O)[C@H](O)c1ccc(OC)cc1. The Kier molecular flexibility index (Phi) is 4.28. The molecule has 2 atom stereocenters. The molecule has 1 aromatic carbocycles. The predicted molar refractivity (Wildman–Crippen MR) is 56.0 cm³/mol. The molecular weight excluding hydrogens is 212 g/mol. The fourth-order valence-electron chi connectivity index (χ4n) is 1.23. The van der Waals surface area contributed by atoms with Gasteiger partial charge < -0.3 is 19.7 Å². The number of aliphatic hydroxyl groups excluding tert-OH is 2. The minimum absolute atomic E-state index is 0.415. The molecular formula is C11H14O5. The highest BCUT2D eigenvalue weighted by Crippen LogP contribution is 2.20. The Morgan fingerprint density at radius 2 is 1.75 bits per heavy atom. The van der Waals surface area contributed by atoms with Gasteiger partial charge in [-0.2, -0.15) is 0 Å². The number of aliphatic hydroxyl groups is 2. The van der Waals surface area contributed by atoms with E-state index in [1.54, 1.807) is 24.3 Å². The lowest BCUT2D eigenvalue weighted by atomic mass is 10.0. The van der Waals surface area contributed by atoms with Gasteiger partial charge in [-0.15, -0.1) is 0 Å². The first kappa shape index (κ1) is 12.5. The average molecular weight is 226 g/mol. The second kappa shape index (κ2) is 5.48. The van der Waals surface area contributed by atoms with Crippen LogP contribution in [0.3, 0.4) is 0 Å². The van der Waals surface area contributed by atoms with E-state index in [2.05, 4.69) is 4.74 Å². The molecule has 1 rings (SSSR count). The first-order valence-electron chi connectivity index (χ1n) is 4.68. The van der Waals surface area contributed by atoms with Crippen molar-refractivity contribution < 1.29 is 24.5 Å². The van der Waals surface area contributed by atoms with E-state index in [4.69, 9.17) is 4.74 Å². The van der Waals surface area contributed by atoms with E-state index < -0.39 is 18.2 Å². The zero-order chi connectivity index (χ0) is 12.1. The minimum atomic E-state index is -1.58. The Morgan fingerprint density at radius 1 is 1.19 bits per heavy atom. The summed E-state index contributed by atoms with van der Waals surface area (Å²) in [5.41, 5.74) is 0.415. The summed E-state index contributed by atoms with van der Waals surface area (Å²) in [6.45, 7) is 0. The average Bonchev–Trinajstić information content (AvgIpc) is 2.36. The van der Waals surface area contributed by atoms with Crippen LogP contribution in [0.15, 0.2) is 24.3 Å². The topological polar surface area (TPSA) is 76.0 Å². The van der Waals surface area contributed by atoms with Crippen molar-refractivity contribution in [2.45, 2.75) is 12.2 Å². The summed E-state index contributed by atoms with van der Waals surface area (Å²) in [7, 11) is 2.67. The third-order valence-corrected chi connectivity index (χ3v) is 2.20. The van der Waals surface area contributed by atoms with Crippen molar-refractivity contribution in [2.75, 3.05) is 14.2 Å². The van der Waals surface area contributed by atoms with E-state index >= 15 is 0 Å². The van der Waals surface area contributed by atoms with Crippen molar-refractivity contribution in [1.29, 1.82) is 0 Å². The van der Waals surface area contributed by atoms with Crippen LogP contribution in [0.5, 0.6) is 5.75 Å². The highest BCUT2D eigenvalue weighted by molar-refractivity contribution is 5.75. The summed E-state index contributed by atoms with van der Waals surface area (Å²) >= 11 is 0. The second-order valence-electron chi connectivity index (χ2n) is 3.19. The van der Waals surface area contributed by atoms with Crippen molar-refractivity contribution in [3.05, 3.63) is 29.8 Å². The summed E-state index contributed by atoms with van der Waals surface area (Å²) in [6, 6.07) is 6.39. The van der Waals surface area contributed by atoms with Crippen LogP contribution in [0.4, 0.5) is 0 Å². The van der Waals surface area contributed by atoms with Crippen LogP contribution < -0.4 is 4.74 Å². The zero-order valence-corrected chi connectivity index (χ0v) is 9.08. The van der Waals surface area contributed by atoms with Gasteiger partial charge in [0, 0.05) is 0 Å². The molecule has 0 aliphatic carbocycles. The molecule has 0 fully saturated rings. The molecule has 0 saturated carbocycles. The van der Waals surface area contributed by atoms with Gasteiger partial charge in [0.25, 0.3) is 0 Å². The molecule has 1 aromatic rings. The molecule has 0 spiro atoms. The molecule has 0 unspecified atom stereocenters. The Labute approximate surface area is 93.2 Å². The van der Waals surface area contributed by atoms with E-state index in [-0.39, 0.29) is 0 Å². The lowest BCUT2D eigenvalue weighted by Gasteiger charge is -2.16. The van der Waals surface area contributed by atoms with E-state index in [1.807, 2.05) is 0 Å². The minimum Gasteiger partial charge on any atom is -0.497 e. The standard InChI is InChI=1S/C11H14O5/c1-15-8-5-3-7(4-6-8)9(12)10(13)11(14)16-2/h3-6,9-10,12-13H,1-2H3/t9-,10+/m1/s1. The number of benzene rings is 1. The summed E-state index contributed by atoms with van der Waals surface area (Å²) in [5.74, 6) is -0.244. The summed E-state index contributed by atoms with van der Waals surface area (Å²) < 4.78 is 9.27. The first-order chi connectivity index (χ1) is 7.60. The maximum atomic E-state index is 11.0. The van der Waals surface area contributed by atoms with Gasteiger partial charge in [-0.25, -0.2) is 4.79 Å². The molecule has 0 aromatic heterocycles. The molecule has 0 saturated heterocycles. The molecule has 0 aliphatic heterocycles. The van der Waals surface area contributed by atoms with Crippen molar-refractivity contribution >= 4 is 5.97 Å². The zero-order valence-electron chi connectivity index (χ0n) is 9.08. The number of esters is 1. The van der Waals surface area contributed by atoms with Gasteiger partial charge in [0.15, 0.2) is 6.10 Å². The van der Waals surface area contributed by atoms with Crippen molar-refractivity contribution in [1.82, 2.24) is 0 Å². The Bertz CT molecular complexity index is 346. The molecule has 0 heterocycles. The van der Waals surface area contributed by atoms with Gasteiger partial charge in [-0.1, -0.05) is 12.1 Å². The third kappa shape index (κ3) is 2.71. The van der Waals surface area contributed by atoms with Crippen LogP contribution >= 0.6 is 0 Å². The molecule has 0 bridgehead atoms. The predicted octanol–water partition coefficient (Wildman–Crippen LogP) is 0.263. The van der Waals surface area contributed by atoms with Crippen molar-refractivity contribution in [2.24, 2.45) is 0 Å². The van der Waals surface area contributed by atoms with Crippen LogP contribution in [-0.4, -0.2) is 36.5 Å². The number of carbonyl (C=O) groups is 1. The molecule has 0 radical (unpaired) electrons. The van der Waals surface area contributed by atoms with Gasteiger partial charge in [0.1, 0.15) is 11.9 Å². The second-order valence-corrected chi connectivity index (χ2v) is 3.19. The molecule has 0 amide bonds. The summed E-state index contributed by atoms with van der Waals surface area (Å²) in [6.07, 6.45) is -2.89. The molecule has 0 aliphatic rings. The maximum absolute atomic E-state index is 11.0. The highest BCUT2D eigenvalue weighted by atomic mass is 16.5. The number of carbonyl (C=O) groups excluding carboxylic acids is 1. The van der Waals surface area contributed by atoms with Crippen LogP contribution in [-0.2, 0) is 9.53 Å². The summed E-state index contributed by atoms with van der Waals surface area (Å²) in [5, 5.41) is 19.1. The highest BCUT2D eigenvalue weighted by Gasteiger charge is 2.26. The lowest BCUT2D eigenvalue weighted by molar-refractivity contribution is -0.156. The van der Waals surface area contributed by atoms with Crippen LogP contribution in [0.1, 0.15) is 11.7 Å². The normalized spacial score (nSPS) is 14.0. The van der Waals surface area contributed by atoms with E-state index in [0.29, 0.717) is 11.3 Å². The number of hydrogen-bond donors (Lipinski definition) is 2. The third-order valence-electron chi connectivity index (χ3n) is 2.20. The van der Waals surface area contributed by atoms with Gasteiger partial charge >= 0.3 is 5.97 Å². The molecule has 5 heteroatoms. The first-order valence-corrected chi connectivity index (χ1v) is 4.68. The largest absolute Gasteiger partial charge is 0.497 e. The Balaban J connectivity index is 2.79. The molecule has 88 valence electrons.